The summed E-state index contributed by atoms with van der Waals surface area (Å²) in [5, 5.41) is 0. The van der Waals surface area contributed by atoms with Gasteiger partial charge < -0.3 is 4.74 Å². The zero-order valence-electron chi connectivity index (χ0n) is 13.8. The molecule has 1 heterocycles. The third-order valence-electron chi connectivity index (χ3n) is 4.04. The van der Waals surface area contributed by atoms with Gasteiger partial charge in [-0.25, -0.2) is 15.3 Å². The minimum Gasteiger partial charge on any atom is -0.457 e. The van der Waals surface area contributed by atoms with Crippen molar-refractivity contribution in [2.45, 2.75) is 13.2 Å². The molecule has 1 aliphatic rings. The summed E-state index contributed by atoms with van der Waals surface area (Å²) in [5.74, 6) is 2.30. The minimum atomic E-state index is -0.395. The highest BCUT2D eigenvalue weighted by Gasteiger charge is 2.22. The molecule has 0 fully saturated rings. The number of hydrogen-bond acceptors (Lipinski definition) is 4. The van der Waals surface area contributed by atoms with Gasteiger partial charge in [0.25, 0.3) is 0 Å². The fourth-order valence-corrected chi connectivity index (χ4v) is 2.74. The van der Waals surface area contributed by atoms with Crippen LogP contribution in [0.3, 0.4) is 0 Å². The third-order valence-corrected chi connectivity index (χ3v) is 4.04. The lowest BCUT2D eigenvalue weighted by atomic mass is 10.1. The Bertz CT molecular complexity index is 907. The van der Waals surface area contributed by atoms with E-state index < -0.39 is 6.23 Å². The molecule has 1 N–H and O–H groups in total. The van der Waals surface area contributed by atoms with Crippen LogP contribution >= 0.6 is 0 Å². The van der Waals surface area contributed by atoms with E-state index in [0.29, 0.717) is 0 Å². The number of para-hydroxylation sites is 1. The Balaban J connectivity index is 1.57. The number of amidine groups is 1. The van der Waals surface area contributed by atoms with Gasteiger partial charge in [-0.2, -0.15) is 0 Å². The molecule has 25 heavy (non-hydrogen) atoms. The third kappa shape index (κ3) is 3.39. The molecule has 0 aromatic heterocycles. The minimum absolute atomic E-state index is 0.395. The maximum absolute atomic E-state index is 5.88. The highest BCUT2D eigenvalue weighted by molar-refractivity contribution is 6.00. The number of ether oxygens (including phenoxy) is 1. The van der Waals surface area contributed by atoms with Crippen molar-refractivity contribution in [3.05, 3.63) is 95.6 Å². The van der Waals surface area contributed by atoms with Crippen LogP contribution < -0.4 is 10.2 Å². The molecular weight excluding hydrogens is 312 g/mol. The average Bonchev–Trinajstić information content (AvgIpc) is 3.13. The van der Waals surface area contributed by atoms with Crippen molar-refractivity contribution in [3.8, 4) is 11.5 Å². The smallest absolute Gasteiger partial charge is 0.202 e. The first-order valence-electron chi connectivity index (χ1n) is 8.18. The summed E-state index contributed by atoms with van der Waals surface area (Å²) in [4.78, 5) is 10.3. The second kappa shape index (κ2) is 6.79. The van der Waals surface area contributed by atoms with Gasteiger partial charge >= 0.3 is 0 Å². The molecule has 1 atom stereocenters. The van der Waals surface area contributed by atoms with Crippen molar-refractivity contribution in [2.24, 2.45) is 4.99 Å². The van der Waals surface area contributed by atoms with Gasteiger partial charge in [0, 0.05) is 11.1 Å². The first-order chi connectivity index (χ1) is 12.3. The molecule has 0 aliphatic carbocycles. The molecule has 0 radical (unpaired) electrons. The number of aryl methyl sites for hydroxylation is 1. The number of nitrogens with zero attached hydrogens (tertiary/aromatic N) is 1. The first kappa shape index (κ1) is 15.4. The molecule has 3 aromatic carbocycles. The van der Waals surface area contributed by atoms with Crippen LogP contribution in [0.1, 0.15) is 22.9 Å². The lowest BCUT2D eigenvalue weighted by molar-refractivity contribution is 0.0376. The van der Waals surface area contributed by atoms with Gasteiger partial charge in [0.15, 0.2) is 5.84 Å². The van der Waals surface area contributed by atoms with E-state index in [9.17, 15) is 0 Å². The van der Waals surface area contributed by atoms with E-state index in [4.69, 9.17) is 9.57 Å². The summed E-state index contributed by atoms with van der Waals surface area (Å²) in [7, 11) is 0. The largest absolute Gasteiger partial charge is 0.457 e. The van der Waals surface area contributed by atoms with Gasteiger partial charge in [0.05, 0.1) is 0 Å². The molecule has 0 spiro atoms. The predicted molar refractivity (Wildman–Crippen MR) is 97.6 cm³/mol. The van der Waals surface area contributed by atoms with Crippen molar-refractivity contribution in [2.75, 3.05) is 0 Å². The van der Waals surface area contributed by atoms with Gasteiger partial charge in [-0.05, 0) is 36.8 Å². The zero-order chi connectivity index (χ0) is 17.1. The number of hydroxylamine groups is 1. The second-order valence-corrected chi connectivity index (χ2v) is 5.85. The lowest BCUT2D eigenvalue weighted by Gasteiger charge is -2.09. The SMILES string of the molecule is Cc1ccccc1C1=NC(c2cccc(Oc3ccccc3)c2)ON1. The molecule has 0 saturated carbocycles. The Labute approximate surface area is 146 Å². The quantitative estimate of drug-likeness (QED) is 0.749. The van der Waals surface area contributed by atoms with Crippen LogP contribution in [0.2, 0.25) is 0 Å². The van der Waals surface area contributed by atoms with E-state index in [-0.39, 0.29) is 0 Å². The molecule has 3 aromatic rings. The molecule has 0 amide bonds. The van der Waals surface area contributed by atoms with Crippen LogP contribution in [0.5, 0.6) is 11.5 Å². The normalized spacial score (nSPS) is 16.2. The summed E-state index contributed by atoms with van der Waals surface area (Å²) < 4.78 is 5.88. The van der Waals surface area contributed by atoms with Crippen molar-refractivity contribution in [1.29, 1.82) is 0 Å². The van der Waals surface area contributed by atoms with Crippen molar-refractivity contribution < 1.29 is 9.57 Å². The lowest BCUT2D eigenvalue weighted by Crippen LogP contribution is -2.18. The number of hydrogen-bond donors (Lipinski definition) is 1. The molecule has 4 heteroatoms. The van der Waals surface area contributed by atoms with E-state index >= 15 is 0 Å². The molecule has 1 unspecified atom stereocenters. The average molecular weight is 330 g/mol. The zero-order valence-corrected chi connectivity index (χ0v) is 13.8. The number of rotatable bonds is 4. The number of nitrogens with one attached hydrogen (secondary N) is 1. The molecule has 4 nitrogen and oxygen atoms in total. The summed E-state index contributed by atoms with van der Waals surface area (Å²) in [5.41, 5.74) is 6.07. The van der Waals surface area contributed by atoms with Gasteiger partial charge in [-0.15, -0.1) is 0 Å². The summed E-state index contributed by atoms with van der Waals surface area (Å²) in [6.45, 7) is 2.06. The summed E-state index contributed by atoms with van der Waals surface area (Å²) >= 11 is 0. The number of aliphatic imine (C=N–C) groups is 1. The Morgan fingerprint density at radius 3 is 2.48 bits per heavy atom. The first-order valence-corrected chi connectivity index (χ1v) is 8.18. The van der Waals surface area contributed by atoms with E-state index in [2.05, 4.69) is 23.5 Å². The van der Waals surface area contributed by atoms with Gasteiger partial charge in [-0.3, -0.25) is 0 Å². The van der Waals surface area contributed by atoms with Gasteiger partial charge in [0.2, 0.25) is 6.23 Å². The molecule has 1 aliphatic heterocycles. The highest BCUT2D eigenvalue weighted by atomic mass is 16.7. The van der Waals surface area contributed by atoms with Crippen molar-refractivity contribution in [3.63, 3.8) is 0 Å². The number of benzene rings is 3. The van der Waals surface area contributed by atoms with Crippen LogP contribution in [-0.2, 0) is 4.84 Å². The van der Waals surface area contributed by atoms with Crippen LogP contribution in [-0.4, -0.2) is 5.84 Å². The van der Waals surface area contributed by atoms with Crippen LogP contribution in [0.25, 0.3) is 0 Å². The summed E-state index contributed by atoms with van der Waals surface area (Å²) in [6.07, 6.45) is -0.395. The Hall–Kier alpha value is -3.11. The summed E-state index contributed by atoms with van der Waals surface area (Å²) in [6, 6.07) is 25.6. The molecule has 4 rings (SSSR count). The fourth-order valence-electron chi connectivity index (χ4n) is 2.74. The Morgan fingerprint density at radius 2 is 1.64 bits per heavy atom. The topological polar surface area (TPSA) is 42.9 Å². The molecule has 124 valence electrons. The van der Waals surface area contributed by atoms with Crippen LogP contribution in [0.4, 0.5) is 0 Å². The van der Waals surface area contributed by atoms with Gasteiger partial charge in [-0.1, -0.05) is 54.6 Å². The Morgan fingerprint density at radius 1 is 0.880 bits per heavy atom. The predicted octanol–water partition coefficient (Wildman–Crippen LogP) is 4.77. The van der Waals surface area contributed by atoms with Crippen LogP contribution in [0.15, 0.2) is 83.9 Å². The molecule has 0 bridgehead atoms. The van der Waals surface area contributed by atoms with Crippen molar-refractivity contribution in [1.82, 2.24) is 5.48 Å². The fraction of sp³-hybridized carbons (Fsp3) is 0.0952. The molecular formula is C21H18N2O2. The van der Waals surface area contributed by atoms with E-state index in [1.165, 1.54) is 0 Å². The van der Waals surface area contributed by atoms with E-state index in [1.807, 2.05) is 72.8 Å². The standard InChI is InChI=1S/C21H18N2O2/c1-15-8-5-6-13-19(15)20-22-21(25-23-20)16-9-7-12-18(14-16)24-17-10-3-2-4-11-17/h2-14,21H,1H3,(H,22,23). The van der Waals surface area contributed by atoms with Crippen molar-refractivity contribution >= 4 is 5.84 Å². The second-order valence-electron chi connectivity index (χ2n) is 5.85. The monoisotopic (exact) mass is 330 g/mol. The highest BCUT2D eigenvalue weighted by Crippen LogP contribution is 2.28. The maximum Gasteiger partial charge on any atom is 0.202 e. The van der Waals surface area contributed by atoms with E-state index in [0.717, 1.165) is 34.0 Å². The molecule has 0 saturated heterocycles. The maximum atomic E-state index is 5.88. The van der Waals surface area contributed by atoms with Gasteiger partial charge in [0.1, 0.15) is 11.5 Å². The Kier molecular flexibility index (Phi) is 4.19. The van der Waals surface area contributed by atoms with Crippen LogP contribution in [0, 0.1) is 6.92 Å². The van der Waals surface area contributed by atoms with E-state index in [1.54, 1.807) is 0 Å².